The molecule has 0 unspecified atom stereocenters. The van der Waals surface area contributed by atoms with Crippen LogP contribution in [0, 0.1) is 0 Å². The molecule has 0 aliphatic heterocycles. The predicted octanol–water partition coefficient (Wildman–Crippen LogP) is 0.567. The Morgan fingerprint density at radius 2 is 2.36 bits per heavy atom. The minimum atomic E-state index is 0.844. The summed E-state index contributed by atoms with van der Waals surface area (Å²) < 4.78 is 0. The van der Waals surface area contributed by atoms with Crippen molar-refractivity contribution in [1.82, 2.24) is 15.3 Å². The summed E-state index contributed by atoms with van der Waals surface area (Å²) in [5.74, 6) is 0. The Morgan fingerprint density at radius 1 is 1.50 bits per heavy atom. The van der Waals surface area contributed by atoms with Crippen LogP contribution in [0.3, 0.4) is 0 Å². The molecule has 0 fully saturated rings. The molecule has 76 valence electrons. The van der Waals surface area contributed by atoms with Gasteiger partial charge in [0.05, 0.1) is 11.9 Å². The van der Waals surface area contributed by atoms with Gasteiger partial charge in [0.2, 0.25) is 0 Å². The van der Waals surface area contributed by atoms with Crippen molar-refractivity contribution >= 4 is 6.21 Å². The molecule has 0 saturated carbocycles. The van der Waals surface area contributed by atoms with Gasteiger partial charge in [-0.15, -0.1) is 0 Å². The molecule has 0 saturated heterocycles. The summed E-state index contributed by atoms with van der Waals surface area (Å²) in [7, 11) is 4.06. The maximum atomic E-state index is 4.11. The summed E-state index contributed by atoms with van der Waals surface area (Å²) in [5.41, 5.74) is 3.82. The molecule has 0 aromatic carbocycles. The summed E-state index contributed by atoms with van der Waals surface area (Å²) in [6, 6.07) is 5.74. The zero-order valence-electron chi connectivity index (χ0n) is 8.64. The average molecular weight is 192 g/mol. The first kappa shape index (κ1) is 10.7. The summed E-state index contributed by atoms with van der Waals surface area (Å²) in [6.45, 7) is 1.82. The quantitative estimate of drug-likeness (QED) is 0.421. The van der Waals surface area contributed by atoms with Gasteiger partial charge < -0.3 is 10.3 Å². The minimum Gasteiger partial charge on any atom is -0.309 e. The molecule has 1 N–H and O–H groups in total. The van der Waals surface area contributed by atoms with Crippen molar-refractivity contribution in [3.8, 4) is 0 Å². The van der Waals surface area contributed by atoms with E-state index in [4.69, 9.17) is 0 Å². The molecule has 0 atom stereocenters. The fraction of sp³-hybridized carbons (Fsp3) is 0.400. The summed E-state index contributed by atoms with van der Waals surface area (Å²) in [4.78, 5) is 6.21. The lowest BCUT2D eigenvalue weighted by molar-refractivity contribution is 0.403. The van der Waals surface area contributed by atoms with Crippen LogP contribution in [0.15, 0.2) is 29.5 Å². The van der Waals surface area contributed by atoms with Gasteiger partial charge in [-0.25, -0.2) is 0 Å². The van der Waals surface area contributed by atoms with Crippen molar-refractivity contribution in [3.63, 3.8) is 0 Å². The third-order valence-corrected chi connectivity index (χ3v) is 1.65. The molecule has 0 amide bonds. The zero-order chi connectivity index (χ0) is 10.2. The van der Waals surface area contributed by atoms with Gasteiger partial charge in [0.25, 0.3) is 0 Å². The molecular formula is C10H16N4. The Morgan fingerprint density at radius 3 is 3.00 bits per heavy atom. The third-order valence-electron chi connectivity index (χ3n) is 1.65. The highest BCUT2D eigenvalue weighted by Gasteiger charge is 1.87. The number of pyridine rings is 1. The zero-order valence-corrected chi connectivity index (χ0v) is 8.64. The maximum Gasteiger partial charge on any atom is 0.0830 e. The lowest BCUT2D eigenvalue weighted by atomic mass is 10.4. The molecule has 1 heterocycles. The topological polar surface area (TPSA) is 40.5 Å². The first-order chi connectivity index (χ1) is 6.79. The number of likely N-dealkylation sites (N-methyl/N-ethyl adjacent to an activating group) is 1. The van der Waals surface area contributed by atoms with E-state index in [1.165, 1.54) is 0 Å². The lowest BCUT2D eigenvalue weighted by Crippen LogP contribution is -2.23. The number of hydrogen-bond donors (Lipinski definition) is 1. The number of hydrazone groups is 1. The average Bonchev–Trinajstić information content (AvgIpc) is 2.18. The van der Waals surface area contributed by atoms with Crippen molar-refractivity contribution < 1.29 is 0 Å². The molecule has 1 aromatic heterocycles. The van der Waals surface area contributed by atoms with E-state index in [0.29, 0.717) is 0 Å². The van der Waals surface area contributed by atoms with Gasteiger partial charge in [0, 0.05) is 19.3 Å². The number of aromatic nitrogens is 1. The summed E-state index contributed by atoms with van der Waals surface area (Å²) in [5, 5.41) is 4.05. The monoisotopic (exact) mass is 192 g/mol. The van der Waals surface area contributed by atoms with Crippen molar-refractivity contribution in [2.45, 2.75) is 0 Å². The minimum absolute atomic E-state index is 0.844. The molecule has 0 aliphatic rings. The van der Waals surface area contributed by atoms with E-state index in [-0.39, 0.29) is 0 Å². The van der Waals surface area contributed by atoms with E-state index in [1.807, 2.05) is 32.3 Å². The molecule has 14 heavy (non-hydrogen) atoms. The largest absolute Gasteiger partial charge is 0.309 e. The van der Waals surface area contributed by atoms with Gasteiger partial charge in [-0.1, -0.05) is 6.07 Å². The van der Waals surface area contributed by atoms with Crippen LogP contribution in [-0.4, -0.2) is 43.3 Å². The van der Waals surface area contributed by atoms with E-state index in [0.717, 1.165) is 18.8 Å². The van der Waals surface area contributed by atoms with E-state index >= 15 is 0 Å². The molecular weight excluding hydrogens is 176 g/mol. The lowest BCUT2D eigenvalue weighted by Gasteiger charge is -2.07. The van der Waals surface area contributed by atoms with Crippen LogP contribution in [0.5, 0.6) is 0 Å². The molecule has 0 spiro atoms. The first-order valence-electron chi connectivity index (χ1n) is 4.61. The van der Waals surface area contributed by atoms with Crippen LogP contribution in [-0.2, 0) is 0 Å². The Kier molecular flexibility index (Phi) is 4.64. The highest BCUT2D eigenvalue weighted by Crippen LogP contribution is 1.87. The first-order valence-corrected chi connectivity index (χ1v) is 4.61. The number of nitrogens with zero attached hydrogens (tertiary/aromatic N) is 3. The van der Waals surface area contributed by atoms with Crippen LogP contribution in [0.4, 0.5) is 0 Å². The normalized spacial score (nSPS) is 11.1. The van der Waals surface area contributed by atoms with Crippen molar-refractivity contribution in [2.75, 3.05) is 27.2 Å². The Balaban J connectivity index is 2.21. The van der Waals surface area contributed by atoms with E-state index < -0.39 is 0 Å². The Bertz CT molecular complexity index is 269. The number of rotatable bonds is 5. The molecule has 1 rings (SSSR count). The molecule has 4 nitrogen and oxygen atoms in total. The predicted molar refractivity (Wildman–Crippen MR) is 58.4 cm³/mol. The van der Waals surface area contributed by atoms with Crippen LogP contribution < -0.4 is 5.43 Å². The third kappa shape index (κ3) is 4.57. The van der Waals surface area contributed by atoms with Gasteiger partial charge in [0.15, 0.2) is 0 Å². The van der Waals surface area contributed by atoms with E-state index in [9.17, 15) is 0 Å². The Hall–Kier alpha value is -1.42. The fourth-order valence-electron chi connectivity index (χ4n) is 0.902. The van der Waals surface area contributed by atoms with Crippen LogP contribution in [0.25, 0.3) is 0 Å². The van der Waals surface area contributed by atoms with Crippen molar-refractivity contribution in [1.29, 1.82) is 0 Å². The summed E-state index contributed by atoms with van der Waals surface area (Å²) >= 11 is 0. The van der Waals surface area contributed by atoms with Crippen LogP contribution in [0.2, 0.25) is 0 Å². The van der Waals surface area contributed by atoms with Gasteiger partial charge >= 0.3 is 0 Å². The molecule has 0 radical (unpaired) electrons. The van der Waals surface area contributed by atoms with E-state index in [1.54, 1.807) is 12.4 Å². The van der Waals surface area contributed by atoms with Gasteiger partial charge in [-0.3, -0.25) is 4.98 Å². The Labute approximate surface area is 84.7 Å². The van der Waals surface area contributed by atoms with Crippen molar-refractivity contribution in [2.24, 2.45) is 5.10 Å². The van der Waals surface area contributed by atoms with Crippen LogP contribution in [0.1, 0.15) is 5.69 Å². The smallest absolute Gasteiger partial charge is 0.0830 e. The second kappa shape index (κ2) is 6.10. The van der Waals surface area contributed by atoms with Gasteiger partial charge in [0.1, 0.15) is 0 Å². The van der Waals surface area contributed by atoms with Gasteiger partial charge in [-0.05, 0) is 26.2 Å². The summed E-state index contributed by atoms with van der Waals surface area (Å²) in [6.07, 6.45) is 3.47. The molecule has 1 aromatic rings. The standard InChI is InChI=1S/C10H16N4/c1-14(2)8-7-12-13-9-10-5-3-4-6-11-10/h3-6,9,12H,7-8H2,1-2H3/b13-9-. The molecule has 4 heteroatoms. The fourth-order valence-corrected chi connectivity index (χ4v) is 0.902. The SMILES string of the molecule is CN(C)CCN/N=C\c1ccccn1. The number of nitrogens with one attached hydrogen (secondary N) is 1. The molecule has 0 aliphatic carbocycles. The molecule has 0 bridgehead atoms. The highest BCUT2D eigenvalue weighted by molar-refractivity contribution is 5.76. The van der Waals surface area contributed by atoms with Gasteiger partial charge in [-0.2, -0.15) is 5.10 Å². The second-order valence-electron chi connectivity index (χ2n) is 3.22. The van der Waals surface area contributed by atoms with E-state index in [2.05, 4.69) is 20.4 Å². The highest BCUT2D eigenvalue weighted by atomic mass is 15.3. The second-order valence-corrected chi connectivity index (χ2v) is 3.22. The number of hydrogen-bond acceptors (Lipinski definition) is 4. The van der Waals surface area contributed by atoms with Crippen molar-refractivity contribution in [3.05, 3.63) is 30.1 Å². The maximum absolute atomic E-state index is 4.11. The van der Waals surface area contributed by atoms with Crippen LogP contribution >= 0.6 is 0 Å².